The second kappa shape index (κ2) is 5.80. The predicted octanol–water partition coefficient (Wildman–Crippen LogP) is 2.77. The van der Waals surface area contributed by atoms with Crippen molar-refractivity contribution in [2.75, 3.05) is 0 Å². The number of hydrogen-bond acceptors (Lipinski definition) is 2. The number of carbonyl (C=O) groups excluding carboxylic acids is 1. The molecule has 0 bridgehead atoms. The third-order valence-corrected chi connectivity index (χ3v) is 2.29. The van der Waals surface area contributed by atoms with Crippen molar-refractivity contribution >= 4 is 5.97 Å². The third-order valence-electron chi connectivity index (χ3n) is 2.29. The minimum atomic E-state index is -0.196. The summed E-state index contributed by atoms with van der Waals surface area (Å²) in [6, 6.07) is 0. The third kappa shape index (κ3) is 4.88. The summed E-state index contributed by atoms with van der Waals surface area (Å²) in [5.74, 6) is 6.64. The second-order valence-corrected chi connectivity index (χ2v) is 4.50. The Morgan fingerprint density at radius 1 is 1.47 bits per heavy atom. The molecule has 0 heterocycles. The van der Waals surface area contributed by atoms with Crippen LogP contribution < -0.4 is 0 Å². The molecule has 0 aliphatic heterocycles. The number of esters is 1. The average molecular weight is 208 g/mol. The Morgan fingerprint density at radius 2 is 2.13 bits per heavy atom. The summed E-state index contributed by atoms with van der Waals surface area (Å²) in [5.41, 5.74) is 0. The second-order valence-electron chi connectivity index (χ2n) is 4.50. The van der Waals surface area contributed by atoms with Gasteiger partial charge in [-0.1, -0.05) is 32.6 Å². The maximum atomic E-state index is 11.5. The van der Waals surface area contributed by atoms with Crippen LogP contribution >= 0.6 is 0 Å². The van der Waals surface area contributed by atoms with Crippen molar-refractivity contribution < 1.29 is 9.53 Å². The zero-order chi connectivity index (χ0) is 11.3. The fraction of sp³-hybridized carbons (Fsp3) is 0.769. The highest BCUT2D eigenvalue weighted by molar-refractivity contribution is 5.75. The Balaban J connectivity index is 2.43. The van der Waals surface area contributed by atoms with Gasteiger partial charge in [-0.25, -0.2) is 0 Å². The summed E-state index contributed by atoms with van der Waals surface area (Å²) >= 11 is 0. The molecule has 0 aromatic carbocycles. The summed E-state index contributed by atoms with van der Waals surface area (Å²) in [5, 5.41) is 0. The molecule has 15 heavy (non-hydrogen) atoms. The molecule has 0 saturated heterocycles. The van der Waals surface area contributed by atoms with E-state index in [-0.39, 0.29) is 18.0 Å². The van der Waals surface area contributed by atoms with E-state index in [1.54, 1.807) is 0 Å². The molecule has 2 nitrogen and oxygen atoms in total. The van der Waals surface area contributed by atoms with Gasteiger partial charge in [0.05, 0.1) is 5.92 Å². The van der Waals surface area contributed by atoms with Gasteiger partial charge in [-0.05, 0) is 25.2 Å². The van der Waals surface area contributed by atoms with E-state index in [1.165, 1.54) is 0 Å². The van der Waals surface area contributed by atoms with Crippen LogP contribution in [0.4, 0.5) is 0 Å². The molecule has 1 unspecified atom stereocenters. The fourth-order valence-corrected chi connectivity index (χ4v) is 1.34. The molecule has 1 atom stereocenters. The van der Waals surface area contributed by atoms with E-state index in [2.05, 4.69) is 25.7 Å². The molecule has 0 amide bonds. The molecule has 0 aromatic heterocycles. The average Bonchev–Trinajstić information content (AvgIpc) is 2.96. The molecule has 1 rings (SSSR count). The lowest BCUT2D eigenvalue weighted by Crippen LogP contribution is -2.19. The molecule has 0 aromatic rings. The minimum absolute atomic E-state index is 0.0500. The first-order valence-corrected chi connectivity index (χ1v) is 5.82. The Morgan fingerprint density at radius 3 is 2.60 bits per heavy atom. The highest BCUT2D eigenvalue weighted by Gasteiger charge is 2.32. The monoisotopic (exact) mass is 208 g/mol. The molecular weight excluding hydrogens is 188 g/mol. The molecule has 1 aliphatic rings. The highest BCUT2D eigenvalue weighted by Crippen LogP contribution is 2.30. The zero-order valence-corrected chi connectivity index (χ0v) is 9.88. The lowest BCUT2D eigenvalue weighted by atomic mass is 10.1. The summed E-state index contributed by atoms with van der Waals surface area (Å²) in [4.78, 5) is 11.5. The van der Waals surface area contributed by atoms with Gasteiger partial charge >= 0.3 is 5.97 Å². The Bertz CT molecular complexity index is 266. The number of ether oxygens (including phenoxy) is 1. The van der Waals surface area contributed by atoms with Crippen LogP contribution in [-0.2, 0) is 9.53 Å². The van der Waals surface area contributed by atoms with Crippen molar-refractivity contribution in [1.29, 1.82) is 0 Å². The van der Waals surface area contributed by atoms with Crippen molar-refractivity contribution in [3.63, 3.8) is 0 Å². The van der Waals surface area contributed by atoms with Crippen LogP contribution in [0.15, 0.2) is 0 Å². The molecule has 1 aliphatic carbocycles. The molecular formula is C13H20O2. The van der Waals surface area contributed by atoms with Gasteiger partial charge in [0.1, 0.15) is 0 Å². The smallest absolute Gasteiger partial charge is 0.310 e. The van der Waals surface area contributed by atoms with Gasteiger partial charge < -0.3 is 4.74 Å². The lowest BCUT2D eigenvalue weighted by Gasteiger charge is -2.14. The van der Waals surface area contributed by atoms with E-state index in [0.717, 1.165) is 25.7 Å². The molecule has 1 saturated carbocycles. The maximum Gasteiger partial charge on any atom is 0.310 e. The van der Waals surface area contributed by atoms with Crippen LogP contribution in [0.3, 0.4) is 0 Å². The molecule has 0 radical (unpaired) electrons. The summed E-state index contributed by atoms with van der Waals surface area (Å²) in [6.07, 6.45) is 3.45. The van der Waals surface area contributed by atoms with E-state index >= 15 is 0 Å². The van der Waals surface area contributed by atoms with Gasteiger partial charge in [0, 0.05) is 6.42 Å². The van der Waals surface area contributed by atoms with Gasteiger partial charge in [-0.3, -0.25) is 4.79 Å². The van der Waals surface area contributed by atoms with E-state index in [0.29, 0.717) is 5.92 Å². The van der Waals surface area contributed by atoms with Gasteiger partial charge in [-0.2, -0.15) is 0 Å². The predicted molar refractivity (Wildman–Crippen MR) is 60.1 cm³/mol. The van der Waals surface area contributed by atoms with E-state index in [4.69, 9.17) is 4.74 Å². The van der Waals surface area contributed by atoms with Gasteiger partial charge in [0.15, 0.2) is 6.10 Å². The van der Waals surface area contributed by atoms with Crippen LogP contribution in [0.2, 0.25) is 0 Å². The van der Waals surface area contributed by atoms with Gasteiger partial charge in [0.2, 0.25) is 0 Å². The van der Waals surface area contributed by atoms with E-state index < -0.39 is 0 Å². The standard InChI is InChI=1S/C13H20O2/c1-4-5-6-12(9-10(2)3)15-13(14)11-7-8-11/h10-12H,4,7-9H2,1-3H3. The van der Waals surface area contributed by atoms with Crippen molar-refractivity contribution in [2.45, 2.75) is 52.6 Å². The fourth-order valence-electron chi connectivity index (χ4n) is 1.34. The lowest BCUT2D eigenvalue weighted by molar-refractivity contribution is -0.148. The van der Waals surface area contributed by atoms with Crippen molar-refractivity contribution in [2.24, 2.45) is 11.8 Å². The summed E-state index contributed by atoms with van der Waals surface area (Å²) in [6.45, 7) is 6.24. The van der Waals surface area contributed by atoms with Crippen LogP contribution in [0, 0.1) is 23.7 Å². The van der Waals surface area contributed by atoms with E-state index in [1.807, 2.05) is 6.92 Å². The molecule has 1 fully saturated rings. The topological polar surface area (TPSA) is 26.3 Å². The SMILES string of the molecule is CCC#CC(CC(C)C)OC(=O)C1CC1. The summed E-state index contributed by atoms with van der Waals surface area (Å²) in [7, 11) is 0. The van der Waals surface area contributed by atoms with Crippen LogP contribution in [0.1, 0.15) is 46.5 Å². The first kappa shape index (κ1) is 12.1. The molecule has 84 valence electrons. The number of carbonyl (C=O) groups is 1. The molecule has 0 N–H and O–H groups in total. The quantitative estimate of drug-likeness (QED) is 0.524. The number of hydrogen-bond donors (Lipinski definition) is 0. The van der Waals surface area contributed by atoms with Crippen molar-refractivity contribution in [3.8, 4) is 11.8 Å². The number of rotatable bonds is 4. The Hall–Kier alpha value is -0.970. The van der Waals surface area contributed by atoms with E-state index in [9.17, 15) is 4.79 Å². The molecule has 0 spiro atoms. The molecule has 2 heteroatoms. The first-order chi connectivity index (χ1) is 7.13. The zero-order valence-electron chi connectivity index (χ0n) is 9.88. The van der Waals surface area contributed by atoms with Gasteiger partial charge in [0.25, 0.3) is 0 Å². The van der Waals surface area contributed by atoms with Crippen molar-refractivity contribution in [1.82, 2.24) is 0 Å². The van der Waals surface area contributed by atoms with Crippen LogP contribution in [0.5, 0.6) is 0 Å². The van der Waals surface area contributed by atoms with Crippen LogP contribution in [0.25, 0.3) is 0 Å². The Kier molecular flexibility index (Phi) is 4.68. The first-order valence-electron chi connectivity index (χ1n) is 5.82. The van der Waals surface area contributed by atoms with Crippen LogP contribution in [-0.4, -0.2) is 12.1 Å². The summed E-state index contributed by atoms with van der Waals surface area (Å²) < 4.78 is 5.37. The van der Waals surface area contributed by atoms with Crippen molar-refractivity contribution in [3.05, 3.63) is 0 Å². The Labute approximate surface area is 92.4 Å². The largest absolute Gasteiger partial charge is 0.449 e. The minimum Gasteiger partial charge on any atom is -0.449 e. The normalized spacial score (nSPS) is 16.8. The van der Waals surface area contributed by atoms with Gasteiger partial charge in [-0.15, -0.1) is 0 Å². The maximum absolute atomic E-state index is 11.5. The highest BCUT2D eigenvalue weighted by atomic mass is 16.5.